The number of rotatable bonds is 3. The van der Waals surface area contributed by atoms with E-state index in [0.717, 1.165) is 10.4 Å². The summed E-state index contributed by atoms with van der Waals surface area (Å²) in [5.74, 6) is -1.33. The van der Waals surface area contributed by atoms with Gasteiger partial charge in [0.1, 0.15) is 10.7 Å². The Hall–Kier alpha value is -2.54. The minimum atomic E-state index is -1.88. The third-order valence-electron chi connectivity index (χ3n) is 5.77. The SMILES string of the molecule is CC(C)c1ccc2c(c1)OC1(O)c3ccccc3C(=O)C21NC(=S)c1cccs1. The van der Waals surface area contributed by atoms with Crippen molar-refractivity contribution in [2.45, 2.75) is 31.1 Å². The molecule has 146 valence electrons. The second kappa shape index (κ2) is 6.23. The van der Waals surface area contributed by atoms with E-state index in [4.69, 9.17) is 17.0 Å². The molecule has 2 heterocycles. The second-order valence-electron chi connectivity index (χ2n) is 7.71. The Labute approximate surface area is 178 Å². The van der Waals surface area contributed by atoms with Gasteiger partial charge in [-0.15, -0.1) is 11.3 Å². The Morgan fingerprint density at radius 1 is 1.14 bits per heavy atom. The third kappa shape index (κ3) is 2.34. The lowest BCUT2D eigenvalue weighted by molar-refractivity contribution is -0.167. The molecule has 0 fully saturated rings. The highest BCUT2D eigenvalue weighted by molar-refractivity contribution is 7.81. The van der Waals surface area contributed by atoms with Gasteiger partial charge in [0, 0.05) is 16.7 Å². The van der Waals surface area contributed by atoms with Gasteiger partial charge in [-0.1, -0.05) is 68.5 Å². The van der Waals surface area contributed by atoms with Crippen molar-refractivity contribution in [2.24, 2.45) is 0 Å². The summed E-state index contributed by atoms with van der Waals surface area (Å²) < 4.78 is 6.14. The molecule has 1 aromatic heterocycles. The minimum absolute atomic E-state index is 0.245. The first-order chi connectivity index (χ1) is 13.9. The largest absolute Gasteiger partial charge is 0.454 e. The van der Waals surface area contributed by atoms with Gasteiger partial charge < -0.3 is 15.2 Å². The molecule has 6 heteroatoms. The molecule has 2 aliphatic rings. The predicted molar refractivity (Wildman–Crippen MR) is 117 cm³/mol. The summed E-state index contributed by atoms with van der Waals surface area (Å²) in [4.78, 5) is 15.0. The number of hydrogen-bond donors (Lipinski definition) is 2. The summed E-state index contributed by atoms with van der Waals surface area (Å²) in [6.07, 6.45) is 0. The number of Topliss-reactive ketones (excluding diaryl/α,β-unsaturated/α-hetero) is 1. The van der Waals surface area contributed by atoms with Crippen LogP contribution in [0.4, 0.5) is 0 Å². The molecule has 2 unspecified atom stereocenters. The fourth-order valence-corrected chi connectivity index (χ4v) is 5.26. The first kappa shape index (κ1) is 18.5. The number of benzene rings is 2. The zero-order valence-electron chi connectivity index (χ0n) is 15.9. The normalized spacial score (nSPS) is 24.1. The highest BCUT2D eigenvalue weighted by atomic mass is 32.1. The van der Waals surface area contributed by atoms with Gasteiger partial charge >= 0.3 is 0 Å². The van der Waals surface area contributed by atoms with Gasteiger partial charge in [0.15, 0.2) is 0 Å². The van der Waals surface area contributed by atoms with E-state index in [1.165, 1.54) is 11.3 Å². The Bertz CT molecular complexity index is 1150. The number of thiophene rings is 1. The van der Waals surface area contributed by atoms with Crippen molar-refractivity contribution >= 4 is 34.3 Å². The summed E-state index contributed by atoms with van der Waals surface area (Å²) in [5, 5.41) is 17.0. The zero-order chi connectivity index (χ0) is 20.4. The van der Waals surface area contributed by atoms with Gasteiger partial charge in [-0.2, -0.15) is 0 Å². The molecule has 0 bridgehead atoms. The maximum absolute atomic E-state index is 13.7. The van der Waals surface area contributed by atoms with E-state index in [1.54, 1.807) is 24.3 Å². The van der Waals surface area contributed by atoms with E-state index >= 15 is 0 Å². The van der Waals surface area contributed by atoms with Crippen LogP contribution in [0.25, 0.3) is 0 Å². The van der Waals surface area contributed by atoms with E-state index in [9.17, 15) is 9.90 Å². The van der Waals surface area contributed by atoms with Crippen LogP contribution in [0.15, 0.2) is 60.0 Å². The van der Waals surface area contributed by atoms with Crippen molar-refractivity contribution < 1.29 is 14.6 Å². The molecule has 4 nitrogen and oxygen atoms in total. The molecule has 0 saturated carbocycles. The maximum atomic E-state index is 13.7. The van der Waals surface area contributed by atoms with Crippen molar-refractivity contribution in [1.82, 2.24) is 5.32 Å². The number of thiocarbonyl (C=S) groups is 1. The van der Waals surface area contributed by atoms with Gasteiger partial charge in [-0.05, 0) is 29.0 Å². The zero-order valence-corrected chi connectivity index (χ0v) is 17.6. The van der Waals surface area contributed by atoms with Crippen LogP contribution in [-0.2, 0) is 11.3 Å². The van der Waals surface area contributed by atoms with Crippen molar-refractivity contribution in [1.29, 1.82) is 0 Å². The summed E-state index contributed by atoms with van der Waals surface area (Å²) in [6, 6.07) is 16.6. The average Bonchev–Trinajstić information content (AvgIpc) is 3.37. The summed E-state index contributed by atoms with van der Waals surface area (Å²) in [5.41, 5.74) is 1.04. The third-order valence-corrected chi connectivity index (χ3v) is 7.10. The van der Waals surface area contributed by atoms with Crippen molar-refractivity contribution in [3.05, 3.63) is 87.1 Å². The molecule has 2 aromatic carbocycles. The molecular weight excluding hydrogens is 402 g/mol. The number of fused-ring (bicyclic) bond motifs is 5. The smallest absolute Gasteiger partial charge is 0.271 e. The molecule has 0 spiro atoms. The fraction of sp³-hybridized carbons (Fsp3) is 0.217. The van der Waals surface area contributed by atoms with Gasteiger partial charge in [0.05, 0.1) is 4.88 Å². The first-order valence-corrected chi connectivity index (χ1v) is 10.7. The number of ether oxygens (including phenoxy) is 1. The average molecular weight is 422 g/mol. The van der Waals surface area contributed by atoms with Crippen molar-refractivity contribution in [2.75, 3.05) is 0 Å². The van der Waals surface area contributed by atoms with Crippen LogP contribution in [-0.4, -0.2) is 15.9 Å². The molecule has 0 saturated heterocycles. The Morgan fingerprint density at radius 2 is 1.93 bits per heavy atom. The molecule has 29 heavy (non-hydrogen) atoms. The van der Waals surface area contributed by atoms with Crippen LogP contribution in [0.5, 0.6) is 5.75 Å². The Morgan fingerprint density at radius 3 is 2.66 bits per heavy atom. The molecule has 3 aromatic rings. The number of aliphatic hydroxyl groups is 1. The topological polar surface area (TPSA) is 58.6 Å². The summed E-state index contributed by atoms with van der Waals surface area (Å²) >= 11 is 7.10. The van der Waals surface area contributed by atoms with Crippen LogP contribution in [0, 0.1) is 0 Å². The Kier molecular flexibility index (Phi) is 3.97. The van der Waals surface area contributed by atoms with Gasteiger partial charge in [0.2, 0.25) is 11.3 Å². The van der Waals surface area contributed by atoms with Crippen molar-refractivity contribution in [3.8, 4) is 5.75 Å². The fourth-order valence-electron chi connectivity index (χ4n) is 4.27. The molecule has 5 rings (SSSR count). The molecule has 0 amide bonds. The molecule has 2 atom stereocenters. The Balaban J connectivity index is 1.74. The standard InChI is InChI=1S/C23H19NO3S2/c1-13(2)14-9-10-17-18(12-14)27-23(26)16-7-4-3-6-15(16)20(25)22(17,23)24-21(28)19-8-5-11-29-19/h3-13,26H,1-2H3,(H,24,28). The quantitative estimate of drug-likeness (QED) is 0.611. The van der Waals surface area contributed by atoms with Crippen LogP contribution in [0.2, 0.25) is 0 Å². The van der Waals surface area contributed by atoms with Gasteiger partial charge in [-0.3, -0.25) is 4.79 Å². The van der Waals surface area contributed by atoms with E-state index in [-0.39, 0.29) is 11.7 Å². The van der Waals surface area contributed by atoms with E-state index in [0.29, 0.717) is 27.4 Å². The second-order valence-corrected chi connectivity index (χ2v) is 9.07. The molecular formula is C23H19NO3S2. The van der Waals surface area contributed by atoms with Gasteiger partial charge in [0.25, 0.3) is 5.79 Å². The number of ketones is 1. The lowest BCUT2D eigenvalue weighted by Crippen LogP contribution is -2.59. The highest BCUT2D eigenvalue weighted by Gasteiger charge is 2.71. The molecule has 2 N–H and O–H groups in total. The number of carbonyl (C=O) groups excluding carboxylic acids is 1. The van der Waals surface area contributed by atoms with E-state index < -0.39 is 11.3 Å². The summed E-state index contributed by atoms with van der Waals surface area (Å²) in [7, 11) is 0. The van der Waals surface area contributed by atoms with E-state index in [2.05, 4.69) is 19.2 Å². The van der Waals surface area contributed by atoms with Crippen LogP contribution < -0.4 is 10.1 Å². The lowest BCUT2D eigenvalue weighted by atomic mass is 9.82. The maximum Gasteiger partial charge on any atom is 0.271 e. The number of carbonyl (C=O) groups is 1. The monoisotopic (exact) mass is 421 g/mol. The molecule has 1 aliphatic heterocycles. The van der Waals surface area contributed by atoms with E-state index in [1.807, 2.05) is 35.7 Å². The van der Waals surface area contributed by atoms with Crippen LogP contribution >= 0.6 is 23.6 Å². The van der Waals surface area contributed by atoms with Gasteiger partial charge in [-0.25, -0.2) is 0 Å². The summed E-state index contributed by atoms with van der Waals surface area (Å²) in [6.45, 7) is 4.18. The minimum Gasteiger partial charge on any atom is -0.454 e. The predicted octanol–water partition coefficient (Wildman–Crippen LogP) is 4.47. The lowest BCUT2D eigenvalue weighted by Gasteiger charge is -2.35. The highest BCUT2D eigenvalue weighted by Crippen LogP contribution is 2.58. The van der Waals surface area contributed by atoms with Crippen molar-refractivity contribution in [3.63, 3.8) is 0 Å². The molecule has 0 radical (unpaired) electrons. The first-order valence-electron chi connectivity index (χ1n) is 9.44. The number of hydrogen-bond acceptors (Lipinski definition) is 5. The number of nitrogens with one attached hydrogen (secondary N) is 1. The van der Waals surface area contributed by atoms with Crippen LogP contribution in [0.3, 0.4) is 0 Å². The molecule has 1 aliphatic carbocycles. The van der Waals surface area contributed by atoms with Crippen LogP contribution in [0.1, 0.15) is 51.7 Å².